The molecule has 0 radical (unpaired) electrons. The van der Waals surface area contributed by atoms with Crippen molar-refractivity contribution in [1.29, 1.82) is 0 Å². The van der Waals surface area contributed by atoms with E-state index in [0.717, 1.165) is 30.4 Å². The number of nitrogens with zero attached hydrogens (tertiary/aromatic N) is 2. The number of imidazole rings is 1. The lowest BCUT2D eigenvalue weighted by Gasteiger charge is -2.18. The summed E-state index contributed by atoms with van der Waals surface area (Å²) in [6.07, 6.45) is 0. The van der Waals surface area contributed by atoms with Gasteiger partial charge in [0.15, 0.2) is 0 Å². The van der Waals surface area contributed by atoms with E-state index >= 15 is 0 Å². The van der Waals surface area contributed by atoms with E-state index in [0.29, 0.717) is 17.8 Å². The van der Waals surface area contributed by atoms with Crippen LogP contribution < -0.4 is 10.6 Å². The number of anilines is 2. The average molecular weight is 326 g/mol. The third-order valence-electron chi connectivity index (χ3n) is 4.05. The molecule has 0 saturated carbocycles. The number of hydrogen-bond donors (Lipinski definition) is 2. The monoisotopic (exact) mass is 326 g/mol. The maximum Gasteiger partial charge on any atom is 0.138 e. The summed E-state index contributed by atoms with van der Waals surface area (Å²) in [6.45, 7) is 2.26. The molecule has 2 aromatic carbocycles. The van der Waals surface area contributed by atoms with Gasteiger partial charge in [0.2, 0.25) is 0 Å². The van der Waals surface area contributed by atoms with Crippen molar-refractivity contribution in [1.82, 2.24) is 14.9 Å². The summed E-state index contributed by atoms with van der Waals surface area (Å²) < 4.78 is 28.8. The minimum absolute atomic E-state index is 0.287. The fourth-order valence-electron chi connectivity index (χ4n) is 2.90. The summed E-state index contributed by atoms with van der Waals surface area (Å²) in [5, 5.41) is 6.59. The van der Waals surface area contributed by atoms with Gasteiger partial charge in [-0.25, -0.2) is 13.8 Å². The maximum atomic E-state index is 13.6. The van der Waals surface area contributed by atoms with Crippen LogP contribution in [-0.4, -0.2) is 16.1 Å². The lowest BCUT2D eigenvalue weighted by Crippen LogP contribution is -2.28. The molecule has 24 heavy (non-hydrogen) atoms. The van der Waals surface area contributed by atoms with Crippen molar-refractivity contribution in [2.45, 2.75) is 13.1 Å². The highest BCUT2D eigenvalue weighted by Gasteiger charge is 2.21. The van der Waals surface area contributed by atoms with Gasteiger partial charge in [0.1, 0.15) is 29.0 Å². The molecule has 0 saturated heterocycles. The van der Waals surface area contributed by atoms with Gasteiger partial charge in [0.25, 0.3) is 0 Å². The van der Waals surface area contributed by atoms with Gasteiger partial charge in [-0.1, -0.05) is 12.1 Å². The van der Waals surface area contributed by atoms with Gasteiger partial charge in [-0.2, -0.15) is 0 Å². The molecule has 122 valence electrons. The Balaban J connectivity index is 1.81. The van der Waals surface area contributed by atoms with E-state index < -0.39 is 0 Å². The topological polar surface area (TPSA) is 41.9 Å². The Morgan fingerprint density at radius 2 is 1.88 bits per heavy atom. The predicted molar refractivity (Wildman–Crippen MR) is 89.0 cm³/mol. The molecule has 2 heterocycles. The van der Waals surface area contributed by atoms with Crippen molar-refractivity contribution in [3.05, 3.63) is 66.0 Å². The molecule has 4 nitrogen and oxygen atoms in total. The summed E-state index contributed by atoms with van der Waals surface area (Å²) in [5.74, 6) is 1.10. The lowest BCUT2D eigenvalue weighted by molar-refractivity contribution is 0.509. The van der Waals surface area contributed by atoms with Crippen molar-refractivity contribution in [3.8, 4) is 11.3 Å². The number of aromatic nitrogens is 2. The Hall–Kier alpha value is -2.73. The number of rotatable bonds is 3. The summed E-state index contributed by atoms with van der Waals surface area (Å²) >= 11 is 0. The van der Waals surface area contributed by atoms with Crippen LogP contribution in [0.4, 0.5) is 20.3 Å². The first-order valence-electron chi connectivity index (χ1n) is 7.79. The molecule has 6 heteroatoms. The van der Waals surface area contributed by atoms with E-state index in [4.69, 9.17) is 0 Å². The molecule has 3 aromatic rings. The molecular formula is C18H16F2N4. The van der Waals surface area contributed by atoms with Gasteiger partial charge < -0.3 is 15.2 Å². The Morgan fingerprint density at radius 3 is 2.67 bits per heavy atom. The van der Waals surface area contributed by atoms with Crippen molar-refractivity contribution in [3.63, 3.8) is 0 Å². The quantitative estimate of drug-likeness (QED) is 0.771. The fourth-order valence-corrected chi connectivity index (χ4v) is 2.90. The lowest BCUT2D eigenvalue weighted by atomic mass is 10.1. The normalized spacial score (nSPS) is 13.6. The zero-order valence-electron chi connectivity index (χ0n) is 12.9. The minimum atomic E-state index is -0.302. The Labute approximate surface area is 138 Å². The third-order valence-corrected chi connectivity index (χ3v) is 4.05. The molecule has 2 N–H and O–H groups in total. The fraction of sp³-hybridized carbons (Fsp3) is 0.167. The second-order valence-corrected chi connectivity index (χ2v) is 5.70. The van der Waals surface area contributed by atoms with E-state index in [9.17, 15) is 8.78 Å². The first-order chi connectivity index (χ1) is 11.7. The molecule has 1 aromatic heterocycles. The average Bonchev–Trinajstić information content (AvgIpc) is 2.96. The van der Waals surface area contributed by atoms with Crippen LogP contribution in [0.25, 0.3) is 11.3 Å². The van der Waals surface area contributed by atoms with Crippen LogP contribution in [0.3, 0.4) is 0 Å². The second-order valence-electron chi connectivity index (χ2n) is 5.70. The molecule has 0 unspecified atom stereocenters. The van der Waals surface area contributed by atoms with Gasteiger partial charge in [-0.15, -0.1) is 0 Å². The van der Waals surface area contributed by atoms with E-state index in [1.54, 1.807) is 18.2 Å². The van der Waals surface area contributed by atoms with Gasteiger partial charge in [0.05, 0.1) is 6.54 Å². The number of nitrogens with one attached hydrogen (secondary N) is 2. The molecule has 0 amide bonds. The molecule has 0 spiro atoms. The van der Waals surface area contributed by atoms with Gasteiger partial charge in [0, 0.05) is 24.3 Å². The second kappa shape index (κ2) is 6.05. The predicted octanol–water partition coefficient (Wildman–Crippen LogP) is 3.68. The number of fused-ring (bicyclic) bond motifs is 1. The Morgan fingerprint density at radius 1 is 1.04 bits per heavy atom. The molecule has 0 aliphatic carbocycles. The van der Waals surface area contributed by atoms with Crippen LogP contribution in [-0.2, 0) is 13.1 Å². The van der Waals surface area contributed by atoms with Crippen molar-refractivity contribution in [2.75, 3.05) is 11.9 Å². The summed E-state index contributed by atoms with van der Waals surface area (Å²) in [4.78, 5) is 4.67. The van der Waals surface area contributed by atoms with E-state index in [1.807, 2.05) is 6.07 Å². The third kappa shape index (κ3) is 2.76. The van der Waals surface area contributed by atoms with Crippen LogP contribution in [0.1, 0.15) is 5.82 Å². The summed E-state index contributed by atoms with van der Waals surface area (Å²) in [6, 6.07) is 12.5. The van der Waals surface area contributed by atoms with Crippen LogP contribution in [0, 0.1) is 11.6 Å². The first-order valence-corrected chi connectivity index (χ1v) is 7.79. The molecule has 1 aliphatic heterocycles. The van der Waals surface area contributed by atoms with Crippen molar-refractivity contribution < 1.29 is 8.78 Å². The SMILES string of the molecule is Fc1ccc(Nc2c(-c3cccc(F)c3)nc3n2CCNC3)cc1. The number of halogens is 2. The van der Waals surface area contributed by atoms with Crippen LogP contribution in [0.5, 0.6) is 0 Å². The standard InChI is InChI=1S/C18H16F2N4/c19-13-4-6-15(7-5-13)22-18-17(12-2-1-3-14(20)10-12)23-16-11-21-8-9-24(16)18/h1-7,10,21-22H,8-9,11H2. The van der Waals surface area contributed by atoms with Crippen LogP contribution in [0.15, 0.2) is 48.5 Å². The highest BCUT2D eigenvalue weighted by Crippen LogP contribution is 2.32. The highest BCUT2D eigenvalue weighted by molar-refractivity contribution is 5.76. The van der Waals surface area contributed by atoms with Gasteiger partial charge in [-0.3, -0.25) is 0 Å². The van der Waals surface area contributed by atoms with Gasteiger partial charge >= 0.3 is 0 Å². The molecule has 0 bridgehead atoms. The zero-order chi connectivity index (χ0) is 16.5. The molecule has 4 rings (SSSR count). The smallest absolute Gasteiger partial charge is 0.138 e. The molecule has 0 fully saturated rings. The number of hydrogen-bond acceptors (Lipinski definition) is 3. The zero-order valence-corrected chi connectivity index (χ0v) is 12.9. The summed E-state index contributed by atoms with van der Waals surface area (Å²) in [5.41, 5.74) is 2.16. The number of benzene rings is 2. The van der Waals surface area contributed by atoms with Crippen LogP contribution >= 0.6 is 0 Å². The molecule has 1 aliphatic rings. The Kier molecular flexibility index (Phi) is 3.74. The first kappa shape index (κ1) is 14.8. The molecule has 0 atom stereocenters. The summed E-state index contributed by atoms with van der Waals surface area (Å²) in [7, 11) is 0. The molecular weight excluding hydrogens is 310 g/mol. The largest absolute Gasteiger partial charge is 0.340 e. The van der Waals surface area contributed by atoms with Crippen molar-refractivity contribution in [2.24, 2.45) is 0 Å². The van der Waals surface area contributed by atoms with E-state index in [2.05, 4.69) is 20.2 Å². The van der Waals surface area contributed by atoms with Crippen LogP contribution in [0.2, 0.25) is 0 Å². The van der Waals surface area contributed by atoms with Crippen molar-refractivity contribution >= 4 is 11.5 Å². The van der Waals surface area contributed by atoms with E-state index in [-0.39, 0.29) is 11.6 Å². The maximum absolute atomic E-state index is 13.6. The highest BCUT2D eigenvalue weighted by atomic mass is 19.1. The van der Waals surface area contributed by atoms with Gasteiger partial charge in [-0.05, 0) is 36.4 Å². The Bertz CT molecular complexity index is 871. The van der Waals surface area contributed by atoms with E-state index in [1.165, 1.54) is 24.3 Å². The minimum Gasteiger partial charge on any atom is -0.340 e.